The smallest absolute Gasteiger partial charge is 0.258 e. The first-order chi connectivity index (χ1) is 33.0. The molecule has 4 N–H and O–H groups in total. The lowest BCUT2D eigenvalue weighted by molar-refractivity contribution is -0.127. The van der Waals surface area contributed by atoms with Crippen molar-refractivity contribution in [3.8, 4) is 11.5 Å². The predicted octanol–water partition coefficient (Wildman–Crippen LogP) is 12.4. The van der Waals surface area contributed by atoms with E-state index in [0.29, 0.717) is 41.7 Å². The Morgan fingerprint density at radius 1 is 0.565 bits per heavy atom. The Morgan fingerprint density at radius 2 is 0.986 bits per heavy atom. The summed E-state index contributed by atoms with van der Waals surface area (Å²) in [5, 5.41) is 26.3. The Morgan fingerprint density at radius 3 is 1.39 bits per heavy atom. The molecule has 0 radical (unpaired) electrons. The van der Waals surface area contributed by atoms with E-state index in [4.69, 9.17) is 67.5 Å². The van der Waals surface area contributed by atoms with E-state index in [1.165, 1.54) is 54.6 Å². The number of halogens is 5. The molecule has 16 nitrogen and oxygen atoms in total. The number of carbonyl (C=O) groups is 6. The summed E-state index contributed by atoms with van der Waals surface area (Å²) in [4.78, 5) is 78.9. The van der Waals surface area contributed by atoms with E-state index in [-0.39, 0.29) is 55.7 Å². The van der Waals surface area contributed by atoms with Gasteiger partial charge in [-0.1, -0.05) is 35.3 Å². The van der Waals surface area contributed by atoms with Crippen LogP contribution in [0.2, 0.25) is 10.0 Å². The molecule has 360 valence electrons. The summed E-state index contributed by atoms with van der Waals surface area (Å²) in [6.07, 6.45) is 0. The monoisotopic (exact) mass is 1040 g/mol. The van der Waals surface area contributed by atoms with Crippen LogP contribution in [0.15, 0.2) is 111 Å². The van der Waals surface area contributed by atoms with Crippen LogP contribution < -0.4 is 30.7 Å². The number of azo groups is 2. The molecular weight excluding hydrogens is 994 g/mol. The van der Waals surface area contributed by atoms with Gasteiger partial charge < -0.3 is 30.7 Å². The number of anilines is 4. The van der Waals surface area contributed by atoms with E-state index in [9.17, 15) is 28.8 Å². The van der Waals surface area contributed by atoms with Crippen molar-refractivity contribution < 1.29 is 38.2 Å². The van der Waals surface area contributed by atoms with E-state index in [0.717, 1.165) is 25.0 Å². The fourth-order valence-electron chi connectivity index (χ4n) is 6.30. The van der Waals surface area contributed by atoms with Crippen molar-refractivity contribution in [2.24, 2.45) is 20.5 Å². The van der Waals surface area contributed by atoms with Gasteiger partial charge in [-0.3, -0.25) is 28.8 Å². The molecule has 0 saturated carbocycles. The Hall–Kier alpha value is -6.43. The van der Waals surface area contributed by atoms with Crippen LogP contribution in [0.1, 0.15) is 77.4 Å². The number of hydrogen-bond donors (Lipinski definition) is 4. The van der Waals surface area contributed by atoms with Crippen LogP contribution in [0, 0.1) is 0 Å². The van der Waals surface area contributed by atoms with Crippen molar-refractivity contribution in [3.05, 3.63) is 129 Å². The van der Waals surface area contributed by atoms with E-state index in [1.54, 1.807) is 43.3 Å². The van der Waals surface area contributed by atoms with Crippen molar-refractivity contribution in [1.82, 2.24) is 0 Å². The van der Waals surface area contributed by atoms with Gasteiger partial charge in [-0.15, -0.1) is 34.8 Å². The maximum Gasteiger partial charge on any atom is 0.258 e. The van der Waals surface area contributed by atoms with E-state index < -0.39 is 52.7 Å². The maximum atomic E-state index is 13.6. The molecule has 5 rings (SSSR count). The highest BCUT2D eigenvalue weighted by Gasteiger charge is 2.27. The average molecular weight is 1040 g/mol. The van der Waals surface area contributed by atoms with Crippen LogP contribution in [-0.4, -0.2) is 60.5 Å². The third kappa shape index (κ3) is 14.5. The summed E-state index contributed by atoms with van der Waals surface area (Å²) in [5.41, 5.74) is 3.41. The molecule has 0 fully saturated rings. The number of ether oxygens (including phenoxy) is 2. The molecule has 0 aliphatic carbocycles. The molecule has 0 aliphatic heterocycles. The quantitative estimate of drug-likeness (QED) is 0.0314. The zero-order valence-electron chi connectivity index (χ0n) is 37.7. The van der Waals surface area contributed by atoms with Crippen molar-refractivity contribution >= 4 is 127 Å². The topological polar surface area (TPSA) is 218 Å². The van der Waals surface area contributed by atoms with Gasteiger partial charge in [0, 0.05) is 57.1 Å². The third-order valence-corrected chi connectivity index (χ3v) is 11.2. The van der Waals surface area contributed by atoms with Gasteiger partial charge in [0.25, 0.3) is 23.6 Å². The lowest BCUT2D eigenvalue weighted by Gasteiger charge is -2.17. The molecule has 4 amide bonds. The lowest BCUT2D eigenvalue weighted by Crippen LogP contribution is -2.32. The summed E-state index contributed by atoms with van der Waals surface area (Å²) in [7, 11) is 0. The number of nitrogens with zero attached hydrogens (tertiary/aromatic N) is 4. The fraction of sp³-hybridized carbons (Fsp3) is 0.250. The molecule has 3 atom stereocenters. The SMILES string of the molecule is CCOc1cc(NC(=O)c2ccc(Cl)c(N=NC(C(C)=O)C(=O)Nc3ccc(NC(=O)C(N=Nc4cc(C(=O)Nc5ccc(CCl)c(OCC)c5)ccc4Cl)C(C)=O)c(C(C)Cl)c3)c2)ccc1CCl. The minimum absolute atomic E-state index is 0.0104. The Balaban J connectivity index is 1.27. The minimum Gasteiger partial charge on any atom is -0.493 e. The highest BCUT2D eigenvalue weighted by molar-refractivity contribution is 6.33. The zero-order valence-corrected chi connectivity index (χ0v) is 41.4. The highest BCUT2D eigenvalue weighted by Crippen LogP contribution is 2.33. The van der Waals surface area contributed by atoms with Crippen molar-refractivity contribution in [2.45, 2.75) is 63.8 Å². The van der Waals surface area contributed by atoms with Crippen LogP contribution in [0.25, 0.3) is 0 Å². The first-order valence-corrected chi connectivity index (χ1v) is 23.3. The summed E-state index contributed by atoms with van der Waals surface area (Å²) in [6, 6.07) is 19.7. The first kappa shape index (κ1) is 53.5. The molecule has 5 aromatic rings. The largest absolute Gasteiger partial charge is 0.493 e. The molecule has 0 spiro atoms. The first-order valence-electron chi connectivity index (χ1n) is 21.0. The molecule has 21 heteroatoms. The maximum absolute atomic E-state index is 13.6. The van der Waals surface area contributed by atoms with Gasteiger partial charge in [0.1, 0.15) is 22.9 Å². The second-order valence-corrected chi connectivity index (χ2v) is 16.9. The molecule has 3 unspecified atom stereocenters. The summed E-state index contributed by atoms with van der Waals surface area (Å²) in [5.74, 6) is -2.57. The number of benzene rings is 5. The molecule has 5 aromatic carbocycles. The van der Waals surface area contributed by atoms with Gasteiger partial charge in [-0.2, -0.15) is 20.5 Å². The third-order valence-electron chi connectivity index (χ3n) is 9.79. The zero-order chi connectivity index (χ0) is 50.4. The number of nitrogens with one attached hydrogen (secondary N) is 4. The number of carbonyl (C=O) groups excluding carboxylic acids is 6. The molecule has 0 aromatic heterocycles. The van der Waals surface area contributed by atoms with E-state index >= 15 is 0 Å². The van der Waals surface area contributed by atoms with E-state index in [1.807, 2.05) is 13.8 Å². The number of amides is 4. The van der Waals surface area contributed by atoms with Gasteiger partial charge >= 0.3 is 0 Å². The highest BCUT2D eigenvalue weighted by atomic mass is 35.5. The predicted molar refractivity (Wildman–Crippen MR) is 269 cm³/mol. The van der Waals surface area contributed by atoms with Gasteiger partial charge in [0.05, 0.1) is 40.4 Å². The molecular formula is C48H45Cl5N8O8. The Kier molecular flexibility index (Phi) is 19.6. The molecule has 69 heavy (non-hydrogen) atoms. The van der Waals surface area contributed by atoms with Crippen molar-refractivity contribution in [3.63, 3.8) is 0 Å². The second-order valence-electron chi connectivity index (χ2n) is 14.9. The molecule has 0 heterocycles. The van der Waals surface area contributed by atoms with Crippen LogP contribution in [0.5, 0.6) is 11.5 Å². The average Bonchev–Trinajstić information content (AvgIpc) is 3.30. The van der Waals surface area contributed by atoms with E-state index in [2.05, 4.69) is 41.7 Å². The fourth-order valence-corrected chi connectivity index (χ4v) is 7.24. The van der Waals surface area contributed by atoms with Crippen LogP contribution in [0.3, 0.4) is 0 Å². The standard InChI is InChI=1S/C48H45Cl5N8O8/c1-6-68-41-21-33(12-8-30(41)23-49)54-45(64)28-10-15-36(52)39(18-28)58-60-43(26(4)62)47(66)56-32-14-17-38(35(20-32)25(3)51)57-48(67)44(27(5)63)61-59-40-19-29(11-16-37(40)53)46(65)55-34-13-9-31(24-50)42(22-34)69-7-2/h8-22,25,43-44H,6-7,23-24H2,1-5H3,(H,54,64)(H,55,65)(H,56,66)(H,57,67). The van der Waals surface area contributed by atoms with Crippen LogP contribution in [0.4, 0.5) is 34.1 Å². The van der Waals surface area contributed by atoms with Crippen molar-refractivity contribution in [2.75, 3.05) is 34.5 Å². The van der Waals surface area contributed by atoms with Gasteiger partial charge in [-0.25, -0.2) is 0 Å². The van der Waals surface area contributed by atoms with Crippen molar-refractivity contribution in [1.29, 1.82) is 0 Å². The minimum atomic E-state index is -1.65. The molecule has 0 bridgehead atoms. The Bertz CT molecular complexity index is 2820. The number of hydrogen-bond acceptors (Lipinski definition) is 12. The number of Topliss-reactive ketones (excluding diaryl/α,β-unsaturated/α-hetero) is 2. The van der Waals surface area contributed by atoms with Gasteiger partial charge in [0.15, 0.2) is 11.6 Å². The van der Waals surface area contributed by atoms with Gasteiger partial charge in [0.2, 0.25) is 12.1 Å². The number of ketones is 2. The normalized spacial score (nSPS) is 12.5. The number of rotatable bonds is 21. The molecule has 0 saturated heterocycles. The summed E-state index contributed by atoms with van der Waals surface area (Å²) in [6.45, 7) is 8.36. The summed E-state index contributed by atoms with van der Waals surface area (Å²) >= 11 is 31.3. The lowest BCUT2D eigenvalue weighted by atomic mass is 10.1. The van der Waals surface area contributed by atoms with Crippen LogP contribution in [-0.2, 0) is 30.9 Å². The summed E-state index contributed by atoms with van der Waals surface area (Å²) < 4.78 is 11.3. The second kappa shape index (κ2) is 25.3. The van der Waals surface area contributed by atoms with Gasteiger partial charge in [-0.05, 0) is 107 Å². The Labute approximate surface area is 422 Å². The molecule has 0 aliphatic rings. The number of alkyl halides is 3. The van der Waals surface area contributed by atoms with Crippen LogP contribution >= 0.6 is 58.0 Å².